The average molecular weight is 211 g/mol. The molecule has 2 unspecified atom stereocenters. The monoisotopic (exact) mass is 211 g/mol. The summed E-state index contributed by atoms with van der Waals surface area (Å²) in [5, 5.41) is 4.86. The predicted molar refractivity (Wildman–Crippen MR) is 60.5 cm³/mol. The van der Waals surface area contributed by atoms with Crippen molar-refractivity contribution >= 4 is 11.8 Å². The second-order valence-electron chi connectivity index (χ2n) is 3.40. The molecule has 0 saturated carbocycles. The van der Waals surface area contributed by atoms with Crippen LogP contribution < -0.4 is 5.32 Å². The van der Waals surface area contributed by atoms with Crippen LogP contribution in [-0.4, -0.2) is 28.3 Å². The topological polar surface area (TPSA) is 37.8 Å². The molecule has 0 radical (unpaired) electrons. The lowest BCUT2D eigenvalue weighted by Crippen LogP contribution is -2.24. The molecule has 1 aromatic heterocycles. The SMILES string of the molecule is CNC(C)CC(C)Sc1ccncn1. The average Bonchev–Trinajstić information content (AvgIpc) is 2.19. The summed E-state index contributed by atoms with van der Waals surface area (Å²) < 4.78 is 0. The molecular weight excluding hydrogens is 194 g/mol. The zero-order chi connectivity index (χ0) is 10.4. The number of thioether (sulfide) groups is 1. The first-order valence-corrected chi connectivity index (χ1v) is 5.70. The van der Waals surface area contributed by atoms with E-state index in [0.717, 1.165) is 11.4 Å². The molecule has 1 rings (SSSR count). The molecule has 1 aromatic rings. The van der Waals surface area contributed by atoms with Crippen molar-refractivity contribution in [2.24, 2.45) is 0 Å². The highest BCUT2D eigenvalue weighted by molar-refractivity contribution is 7.99. The van der Waals surface area contributed by atoms with Gasteiger partial charge in [-0.3, -0.25) is 0 Å². The van der Waals surface area contributed by atoms with Crippen molar-refractivity contribution in [3.8, 4) is 0 Å². The van der Waals surface area contributed by atoms with E-state index in [-0.39, 0.29) is 0 Å². The van der Waals surface area contributed by atoms with Gasteiger partial charge in [-0.1, -0.05) is 6.92 Å². The molecule has 4 heteroatoms. The van der Waals surface area contributed by atoms with E-state index in [1.807, 2.05) is 13.1 Å². The first kappa shape index (κ1) is 11.5. The highest BCUT2D eigenvalue weighted by Gasteiger charge is 2.08. The van der Waals surface area contributed by atoms with Gasteiger partial charge >= 0.3 is 0 Å². The van der Waals surface area contributed by atoms with E-state index >= 15 is 0 Å². The predicted octanol–water partition coefficient (Wildman–Crippen LogP) is 1.96. The summed E-state index contributed by atoms with van der Waals surface area (Å²) in [6.45, 7) is 4.41. The normalized spacial score (nSPS) is 15.1. The molecule has 0 saturated heterocycles. The van der Waals surface area contributed by atoms with Crippen LogP contribution >= 0.6 is 11.8 Å². The first-order valence-electron chi connectivity index (χ1n) is 4.82. The van der Waals surface area contributed by atoms with Crippen molar-refractivity contribution in [1.29, 1.82) is 0 Å². The maximum Gasteiger partial charge on any atom is 0.116 e. The van der Waals surface area contributed by atoms with Crippen LogP contribution in [0.4, 0.5) is 0 Å². The largest absolute Gasteiger partial charge is 0.317 e. The van der Waals surface area contributed by atoms with Gasteiger partial charge in [-0.2, -0.15) is 0 Å². The summed E-state index contributed by atoms with van der Waals surface area (Å²) >= 11 is 1.80. The summed E-state index contributed by atoms with van der Waals surface area (Å²) in [6, 6.07) is 2.50. The second kappa shape index (κ2) is 5.98. The molecule has 3 nitrogen and oxygen atoms in total. The highest BCUT2D eigenvalue weighted by atomic mass is 32.2. The Labute approximate surface area is 89.7 Å². The van der Waals surface area contributed by atoms with Crippen molar-refractivity contribution in [3.63, 3.8) is 0 Å². The fourth-order valence-corrected chi connectivity index (χ4v) is 2.26. The minimum absolute atomic E-state index is 0.555. The van der Waals surface area contributed by atoms with Crippen molar-refractivity contribution in [2.45, 2.75) is 36.6 Å². The molecule has 1 N–H and O–H groups in total. The van der Waals surface area contributed by atoms with Gasteiger partial charge in [0.15, 0.2) is 0 Å². The summed E-state index contributed by atoms with van der Waals surface area (Å²) in [4.78, 5) is 8.08. The molecule has 0 spiro atoms. The molecule has 0 aliphatic heterocycles. The maximum absolute atomic E-state index is 4.18. The fourth-order valence-electron chi connectivity index (χ4n) is 1.22. The molecule has 78 valence electrons. The van der Waals surface area contributed by atoms with Crippen LogP contribution in [0.1, 0.15) is 20.3 Å². The first-order chi connectivity index (χ1) is 6.72. The van der Waals surface area contributed by atoms with E-state index in [9.17, 15) is 0 Å². The Balaban J connectivity index is 2.37. The molecule has 2 atom stereocenters. The van der Waals surface area contributed by atoms with Crippen LogP contribution in [0, 0.1) is 0 Å². The van der Waals surface area contributed by atoms with Crippen LogP contribution in [0.3, 0.4) is 0 Å². The number of aromatic nitrogens is 2. The van der Waals surface area contributed by atoms with E-state index in [2.05, 4.69) is 29.1 Å². The van der Waals surface area contributed by atoms with Gasteiger partial charge in [0.2, 0.25) is 0 Å². The fraction of sp³-hybridized carbons (Fsp3) is 0.600. The van der Waals surface area contributed by atoms with E-state index in [1.54, 1.807) is 24.3 Å². The van der Waals surface area contributed by atoms with Gasteiger partial charge in [0, 0.05) is 17.5 Å². The van der Waals surface area contributed by atoms with Gasteiger partial charge in [-0.15, -0.1) is 11.8 Å². The molecule has 0 aliphatic carbocycles. The summed E-state index contributed by atoms with van der Waals surface area (Å²) in [5.41, 5.74) is 0. The van der Waals surface area contributed by atoms with Gasteiger partial charge in [0.05, 0.1) is 5.03 Å². The number of hydrogen-bond donors (Lipinski definition) is 1. The van der Waals surface area contributed by atoms with Crippen molar-refractivity contribution in [3.05, 3.63) is 18.6 Å². The van der Waals surface area contributed by atoms with Crippen LogP contribution in [0.15, 0.2) is 23.6 Å². The zero-order valence-corrected chi connectivity index (χ0v) is 9.71. The third kappa shape index (κ3) is 4.07. The van der Waals surface area contributed by atoms with E-state index in [1.165, 1.54) is 0 Å². The smallest absolute Gasteiger partial charge is 0.116 e. The quantitative estimate of drug-likeness (QED) is 0.597. The van der Waals surface area contributed by atoms with Crippen LogP contribution in [0.2, 0.25) is 0 Å². The number of nitrogens with zero attached hydrogens (tertiary/aromatic N) is 2. The Bertz CT molecular complexity index is 253. The van der Waals surface area contributed by atoms with Crippen molar-refractivity contribution in [2.75, 3.05) is 7.05 Å². The lowest BCUT2D eigenvalue weighted by atomic mass is 10.2. The molecule has 0 amide bonds. The molecule has 0 aromatic carbocycles. The van der Waals surface area contributed by atoms with E-state index < -0.39 is 0 Å². The Hall–Kier alpha value is -0.610. The van der Waals surface area contributed by atoms with Gasteiger partial charge in [-0.25, -0.2) is 9.97 Å². The second-order valence-corrected chi connectivity index (χ2v) is 4.86. The van der Waals surface area contributed by atoms with Gasteiger partial charge in [-0.05, 0) is 26.5 Å². The zero-order valence-electron chi connectivity index (χ0n) is 8.90. The third-order valence-electron chi connectivity index (χ3n) is 2.06. The summed E-state index contributed by atoms with van der Waals surface area (Å²) in [5.74, 6) is 0. The number of hydrogen-bond acceptors (Lipinski definition) is 4. The molecule has 14 heavy (non-hydrogen) atoms. The highest BCUT2D eigenvalue weighted by Crippen LogP contribution is 2.23. The van der Waals surface area contributed by atoms with Crippen LogP contribution in [0.5, 0.6) is 0 Å². The van der Waals surface area contributed by atoms with Gasteiger partial charge < -0.3 is 5.32 Å². The standard InChI is InChI=1S/C10H17N3S/c1-8(11-3)6-9(2)14-10-4-5-12-7-13-10/h4-5,7-9,11H,6H2,1-3H3. The minimum Gasteiger partial charge on any atom is -0.317 e. The van der Waals surface area contributed by atoms with E-state index in [0.29, 0.717) is 11.3 Å². The molecule has 0 fully saturated rings. The maximum atomic E-state index is 4.18. The third-order valence-corrected chi connectivity index (χ3v) is 3.13. The van der Waals surface area contributed by atoms with Crippen LogP contribution in [0.25, 0.3) is 0 Å². The molecule has 1 heterocycles. The molecular formula is C10H17N3S. The Morgan fingerprint density at radius 3 is 2.86 bits per heavy atom. The minimum atomic E-state index is 0.555. The number of rotatable bonds is 5. The number of nitrogens with one attached hydrogen (secondary N) is 1. The lowest BCUT2D eigenvalue weighted by Gasteiger charge is -2.15. The Kier molecular flexibility index (Phi) is 4.90. The van der Waals surface area contributed by atoms with Crippen LogP contribution in [-0.2, 0) is 0 Å². The summed E-state index contributed by atoms with van der Waals surface area (Å²) in [7, 11) is 1.99. The van der Waals surface area contributed by atoms with Crippen molar-refractivity contribution in [1.82, 2.24) is 15.3 Å². The van der Waals surface area contributed by atoms with Crippen molar-refractivity contribution < 1.29 is 0 Å². The lowest BCUT2D eigenvalue weighted by molar-refractivity contribution is 0.564. The van der Waals surface area contributed by atoms with Gasteiger partial charge in [0.1, 0.15) is 6.33 Å². The Morgan fingerprint density at radius 1 is 1.50 bits per heavy atom. The summed E-state index contributed by atoms with van der Waals surface area (Å²) in [6.07, 6.45) is 4.52. The molecule has 0 bridgehead atoms. The molecule has 0 aliphatic rings. The Morgan fingerprint density at radius 2 is 2.29 bits per heavy atom. The van der Waals surface area contributed by atoms with Gasteiger partial charge in [0.25, 0.3) is 0 Å². The van der Waals surface area contributed by atoms with E-state index in [4.69, 9.17) is 0 Å².